The Morgan fingerprint density at radius 1 is 1.19 bits per heavy atom. The van der Waals surface area contributed by atoms with Gasteiger partial charge in [-0.2, -0.15) is 0 Å². The smallest absolute Gasteiger partial charge is 0.308 e. The molecule has 2 N–H and O–H groups in total. The van der Waals surface area contributed by atoms with E-state index in [-0.39, 0.29) is 5.02 Å². The van der Waals surface area contributed by atoms with Crippen molar-refractivity contribution in [1.82, 2.24) is 19.4 Å². The van der Waals surface area contributed by atoms with Gasteiger partial charge in [-0.1, -0.05) is 35.3 Å². The standard InChI is InChI=1S/C22H25Cl2N5O2/c1-27(2)13-16-4-3-9-28(16)12-14-5-7-15(8-6-14)25-21(30)29-20-11-18(24)17(23)10-19(20)26-22(29)31/h5-8,10-11,16H,3-4,9,12-13H2,1-2H3,(H,25,30)(H,26,31)/t16-/m0/s1. The summed E-state index contributed by atoms with van der Waals surface area (Å²) in [5.41, 5.74) is 2.07. The Kier molecular flexibility index (Phi) is 6.39. The third kappa shape index (κ3) is 4.80. The SMILES string of the molecule is CN(C)C[C@@H]1CCCN1Cc1ccc(NC(=O)n2c(=O)[nH]c3cc(Cl)c(Cl)cc32)cc1. The van der Waals surface area contributed by atoms with Crippen molar-refractivity contribution < 1.29 is 4.79 Å². The van der Waals surface area contributed by atoms with Crippen LogP contribution in [0.3, 0.4) is 0 Å². The number of hydrogen-bond donors (Lipinski definition) is 2. The van der Waals surface area contributed by atoms with E-state index in [2.05, 4.69) is 34.2 Å². The van der Waals surface area contributed by atoms with Gasteiger partial charge >= 0.3 is 11.7 Å². The molecule has 1 aromatic heterocycles. The molecule has 0 unspecified atom stereocenters. The van der Waals surface area contributed by atoms with Crippen molar-refractivity contribution in [3.05, 3.63) is 62.5 Å². The fourth-order valence-corrected chi connectivity index (χ4v) is 4.46. The number of amides is 1. The van der Waals surface area contributed by atoms with Crippen LogP contribution in [0.5, 0.6) is 0 Å². The fraction of sp³-hybridized carbons (Fsp3) is 0.364. The number of nitrogens with zero attached hydrogens (tertiary/aromatic N) is 3. The average Bonchev–Trinajstić information content (AvgIpc) is 3.26. The molecule has 1 fully saturated rings. The zero-order chi connectivity index (χ0) is 22.1. The van der Waals surface area contributed by atoms with Crippen LogP contribution in [0, 0.1) is 0 Å². The monoisotopic (exact) mass is 461 g/mol. The lowest BCUT2D eigenvalue weighted by Gasteiger charge is -2.27. The number of imidazole rings is 1. The molecule has 3 aromatic rings. The third-order valence-corrected chi connectivity index (χ3v) is 6.32. The minimum Gasteiger partial charge on any atom is -0.308 e. The largest absolute Gasteiger partial charge is 0.334 e. The van der Waals surface area contributed by atoms with E-state index in [1.54, 1.807) is 0 Å². The number of hydrogen-bond acceptors (Lipinski definition) is 4. The summed E-state index contributed by atoms with van der Waals surface area (Å²) in [5, 5.41) is 3.36. The van der Waals surface area contributed by atoms with Gasteiger partial charge in [0.2, 0.25) is 0 Å². The normalized spacial score (nSPS) is 17.0. The first-order valence-corrected chi connectivity index (χ1v) is 11.0. The number of likely N-dealkylation sites (N-methyl/N-ethyl adjacent to an activating group) is 1. The molecule has 9 heteroatoms. The van der Waals surface area contributed by atoms with Crippen molar-refractivity contribution in [2.75, 3.05) is 32.5 Å². The Labute approximate surface area is 190 Å². The van der Waals surface area contributed by atoms with Crippen molar-refractivity contribution in [3.8, 4) is 0 Å². The molecular formula is C22H25Cl2N5O2. The van der Waals surface area contributed by atoms with Crippen LogP contribution in [0.1, 0.15) is 18.4 Å². The van der Waals surface area contributed by atoms with Crippen LogP contribution in [0.15, 0.2) is 41.2 Å². The number of aromatic nitrogens is 2. The topological polar surface area (TPSA) is 73.4 Å². The van der Waals surface area contributed by atoms with Gasteiger partial charge < -0.3 is 15.2 Å². The Morgan fingerprint density at radius 3 is 2.61 bits per heavy atom. The van der Waals surface area contributed by atoms with Gasteiger partial charge in [0, 0.05) is 24.8 Å². The summed E-state index contributed by atoms with van der Waals surface area (Å²) in [6.07, 6.45) is 2.45. The molecule has 164 valence electrons. The first-order valence-electron chi connectivity index (χ1n) is 10.2. The molecule has 0 radical (unpaired) electrons. The number of benzene rings is 2. The maximum absolute atomic E-state index is 12.8. The van der Waals surface area contributed by atoms with Crippen molar-refractivity contribution in [2.45, 2.75) is 25.4 Å². The highest BCUT2D eigenvalue weighted by molar-refractivity contribution is 6.42. The van der Waals surface area contributed by atoms with Gasteiger partial charge in [-0.15, -0.1) is 0 Å². The van der Waals surface area contributed by atoms with Crippen LogP contribution in [0.4, 0.5) is 10.5 Å². The summed E-state index contributed by atoms with van der Waals surface area (Å²) in [4.78, 5) is 32.4. The summed E-state index contributed by atoms with van der Waals surface area (Å²) in [6.45, 7) is 3.05. The Bertz CT molecular complexity index is 1150. The second kappa shape index (κ2) is 9.04. The molecule has 1 aliphatic rings. The lowest BCUT2D eigenvalue weighted by atomic mass is 10.1. The molecular weight excluding hydrogens is 437 g/mol. The van der Waals surface area contributed by atoms with Gasteiger partial charge in [0.05, 0.1) is 21.1 Å². The van der Waals surface area contributed by atoms with Crippen LogP contribution in [-0.4, -0.2) is 58.6 Å². The molecule has 2 heterocycles. The van der Waals surface area contributed by atoms with Crippen LogP contribution in [-0.2, 0) is 6.54 Å². The fourth-order valence-electron chi connectivity index (χ4n) is 4.14. The molecule has 1 saturated heterocycles. The van der Waals surface area contributed by atoms with Crippen molar-refractivity contribution >= 4 is 46.0 Å². The highest BCUT2D eigenvalue weighted by Crippen LogP contribution is 2.26. The number of nitrogens with one attached hydrogen (secondary N) is 2. The van der Waals surface area contributed by atoms with E-state index in [1.807, 2.05) is 24.3 Å². The molecule has 0 saturated carbocycles. The molecule has 1 amide bonds. The van der Waals surface area contributed by atoms with Gasteiger partial charge in [0.25, 0.3) is 0 Å². The second-order valence-electron chi connectivity index (χ2n) is 8.20. The van der Waals surface area contributed by atoms with E-state index >= 15 is 0 Å². The number of halogens is 2. The number of rotatable bonds is 5. The summed E-state index contributed by atoms with van der Waals surface area (Å²) >= 11 is 12.1. The number of anilines is 1. The number of carbonyl (C=O) groups excluding carboxylic acids is 1. The summed E-state index contributed by atoms with van der Waals surface area (Å²) in [7, 11) is 4.21. The highest BCUT2D eigenvalue weighted by atomic mass is 35.5. The van der Waals surface area contributed by atoms with Crippen molar-refractivity contribution in [2.24, 2.45) is 0 Å². The van der Waals surface area contributed by atoms with Crippen molar-refractivity contribution in [3.63, 3.8) is 0 Å². The number of fused-ring (bicyclic) bond motifs is 1. The lowest BCUT2D eigenvalue weighted by molar-refractivity contribution is 0.201. The molecule has 31 heavy (non-hydrogen) atoms. The van der Waals surface area contributed by atoms with E-state index in [9.17, 15) is 9.59 Å². The van der Waals surface area contributed by atoms with Gasteiger partial charge in [0.15, 0.2) is 0 Å². The van der Waals surface area contributed by atoms with E-state index in [4.69, 9.17) is 23.2 Å². The number of H-pyrrole nitrogens is 1. The van der Waals surface area contributed by atoms with E-state index < -0.39 is 11.7 Å². The van der Waals surface area contributed by atoms with Gasteiger partial charge in [-0.25, -0.2) is 14.2 Å². The third-order valence-electron chi connectivity index (χ3n) is 5.59. The summed E-state index contributed by atoms with van der Waals surface area (Å²) in [6, 6.07) is 10.8. The lowest BCUT2D eigenvalue weighted by Crippen LogP contribution is -2.37. The number of carbonyl (C=O) groups is 1. The zero-order valence-electron chi connectivity index (χ0n) is 17.5. The average molecular weight is 462 g/mol. The molecule has 7 nitrogen and oxygen atoms in total. The minimum absolute atomic E-state index is 0.272. The maximum atomic E-state index is 12.8. The molecule has 1 aliphatic heterocycles. The first-order chi connectivity index (χ1) is 14.8. The molecule has 1 atom stereocenters. The number of aromatic amines is 1. The van der Waals surface area contributed by atoms with Gasteiger partial charge in [0.1, 0.15) is 0 Å². The van der Waals surface area contributed by atoms with E-state index in [1.165, 1.54) is 30.5 Å². The molecule has 0 spiro atoms. The highest BCUT2D eigenvalue weighted by Gasteiger charge is 2.24. The summed E-state index contributed by atoms with van der Waals surface area (Å²) < 4.78 is 1.02. The molecule has 2 aromatic carbocycles. The van der Waals surface area contributed by atoms with E-state index in [0.29, 0.717) is 27.8 Å². The summed E-state index contributed by atoms with van der Waals surface area (Å²) in [5.74, 6) is 0. The number of likely N-dealkylation sites (tertiary alicyclic amines) is 1. The Hall–Kier alpha value is -2.32. The Balaban J connectivity index is 1.47. The molecule has 4 rings (SSSR count). The maximum Gasteiger partial charge on any atom is 0.334 e. The quantitative estimate of drug-likeness (QED) is 0.595. The van der Waals surface area contributed by atoms with Crippen LogP contribution >= 0.6 is 23.2 Å². The molecule has 0 aliphatic carbocycles. The molecule has 0 bridgehead atoms. The minimum atomic E-state index is -0.562. The van der Waals surface area contributed by atoms with Crippen LogP contribution in [0.25, 0.3) is 11.0 Å². The first kappa shape index (κ1) is 21.9. The van der Waals surface area contributed by atoms with Gasteiger partial charge in [-0.3, -0.25) is 4.90 Å². The second-order valence-corrected chi connectivity index (χ2v) is 9.02. The predicted octanol–water partition coefficient (Wildman–Crippen LogP) is 4.24. The predicted molar refractivity (Wildman–Crippen MR) is 125 cm³/mol. The Morgan fingerprint density at radius 2 is 1.90 bits per heavy atom. The zero-order valence-corrected chi connectivity index (χ0v) is 19.0. The van der Waals surface area contributed by atoms with Crippen molar-refractivity contribution in [1.29, 1.82) is 0 Å². The van der Waals surface area contributed by atoms with E-state index in [0.717, 1.165) is 24.2 Å². The van der Waals surface area contributed by atoms with Gasteiger partial charge in [-0.05, 0) is 63.3 Å². The van der Waals surface area contributed by atoms with Crippen LogP contribution in [0.2, 0.25) is 10.0 Å². The van der Waals surface area contributed by atoms with Crippen LogP contribution < -0.4 is 11.0 Å².